The quantitative estimate of drug-likeness (QED) is 0.534. The Hall–Kier alpha value is -1.80. The van der Waals surface area contributed by atoms with Crippen LogP contribution in [0.15, 0.2) is 54.3 Å². The minimum absolute atomic E-state index is 0.190. The average molecular weight is 405 g/mol. The SMILES string of the molecule is CC1=CC=CC(C)N1C(c1ccccc1)C(C)(C)C.O=S(=O)(O)C(F)(F)F. The van der Waals surface area contributed by atoms with Crippen molar-refractivity contribution in [1.29, 1.82) is 0 Å². The summed E-state index contributed by atoms with van der Waals surface area (Å²) in [6.07, 6.45) is 6.65. The Bertz CT molecular complexity index is 779. The van der Waals surface area contributed by atoms with E-state index in [9.17, 15) is 13.2 Å². The van der Waals surface area contributed by atoms with E-state index in [1.54, 1.807) is 0 Å². The maximum absolute atomic E-state index is 10.7. The van der Waals surface area contributed by atoms with Crippen LogP contribution in [-0.2, 0) is 10.1 Å². The van der Waals surface area contributed by atoms with Crippen molar-refractivity contribution < 1.29 is 26.1 Å². The first-order chi connectivity index (χ1) is 12.2. The van der Waals surface area contributed by atoms with Crippen molar-refractivity contribution >= 4 is 10.1 Å². The zero-order valence-corrected chi connectivity index (χ0v) is 16.8. The highest BCUT2D eigenvalue weighted by molar-refractivity contribution is 7.86. The molecule has 1 aliphatic rings. The Morgan fingerprint density at radius 2 is 1.59 bits per heavy atom. The minimum atomic E-state index is -5.84. The van der Waals surface area contributed by atoms with Gasteiger partial charge in [0.2, 0.25) is 0 Å². The van der Waals surface area contributed by atoms with E-state index in [4.69, 9.17) is 13.0 Å². The number of benzene rings is 1. The molecule has 8 heteroatoms. The summed E-state index contributed by atoms with van der Waals surface area (Å²) in [6, 6.07) is 11.7. The molecular weight excluding hydrogens is 379 g/mol. The van der Waals surface area contributed by atoms with Gasteiger partial charge in [0.25, 0.3) is 0 Å². The van der Waals surface area contributed by atoms with Crippen molar-refractivity contribution in [3.8, 4) is 0 Å². The molecular formula is C19H26F3NO3S. The summed E-state index contributed by atoms with van der Waals surface area (Å²) >= 11 is 0. The predicted octanol–water partition coefficient (Wildman–Crippen LogP) is 5.33. The summed E-state index contributed by atoms with van der Waals surface area (Å²) in [5, 5.41) is 0. The van der Waals surface area contributed by atoms with E-state index in [0.717, 1.165) is 0 Å². The molecule has 0 saturated carbocycles. The summed E-state index contributed by atoms with van der Waals surface area (Å²) in [7, 11) is -5.84. The molecule has 1 N–H and O–H groups in total. The second-order valence-corrected chi connectivity index (χ2v) is 8.85. The molecule has 0 spiro atoms. The van der Waals surface area contributed by atoms with Gasteiger partial charge >= 0.3 is 15.6 Å². The second kappa shape index (κ2) is 8.48. The Morgan fingerprint density at radius 3 is 1.96 bits per heavy atom. The predicted molar refractivity (Wildman–Crippen MR) is 100 cm³/mol. The molecule has 2 rings (SSSR count). The van der Waals surface area contributed by atoms with E-state index >= 15 is 0 Å². The number of alkyl halides is 3. The fourth-order valence-electron chi connectivity index (χ4n) is 3.01. The summed E-state index contributed by atoms with van der Waals surface area (Å²) in [5.74, 6) is 0. The van der Waals surface area contributed by atoms with E-state index in [1.807, 2.05) is 0 Å². The maximum atomic E-state index is 10.7. The van der Waals surface area contributed by atoms with Gasteiger partial charge in [-0.05, 0) is 30.9 Å². The first kappa shape index (κ1) is 23.2. The summed E-state index contributed by atoms with van der Waals surface area (Å²) < 4.78 is 57.5. The topological polar surface area (TPSA) is 57.6 Å². The molecule has 0 amide bonds. The molecule has 0 fully saturated rings. The fraction of sp³-hybridized carbons (Fsp3) is 0.474. The number of hydrogen-bond acceptors (Lipinski definition) is 3. The van der Waals surface area contributed by atoms with Crippen LogP contribution in [0.4, 0.5) is 13.2 Å². The Morgan fingerprint density at radius 1 is 1.11 bits per heavy atom. The highest BCUT2D eigenvalue weighted by Gasteiger charge is 2.44. The zero-order chi connectivity index (χ0) is 21.0. The largest absolute Gasteiger partial charge is 0.522 e. The standard InChI is InChI=1S/C18H25N.CHF3O3S/c1-14-10-9-11-15(2)19(14)17(18(3,4)5)16-12-7-6-8-13-16;2-1(3,4)8(5,6)7/h6-14,17H,1-5H3;(H,5,6,7). The van der Waals surface area contributed by atoms with E-state index < -0.39 is 15.6 Å². The second-order valence-electron chi connectivity index (χ2n) is 7.44. The van der Waals surface area contributed by atoms with Crippen LogP contribution < -0.4 is 0 Å². The average Bonchev–Trinajstić information content (AvgIpc) is 2.49. The maximum Gasteiger partial charge on any atom is 0.522 e. The van der Waals surface area contributed by atoms with Gasteiger partial charge in [-0.2, -0.15) is 21.6 Å². The molecule has 1 heterocycles. The van der Waals surface area contributed by atoms with Crippen LogP contribution in [0.2, 0.25) is 0 Å². The van der Waals surface area contributed by atoms with Crippen molar-refractivity contribution in [2.24, 2.45) is 5.41 Å². The van der Waals surface area contributed by atoms with Gasteiger partial charge < -0.3 is 4.90 Å². The van der Waals surface area contributed by atoms with Crippen LogP contribution in [0.5, 0.6) is 0 Å². The number of halogens is 3. The first-order valence-electron chi connectivity index (χ1n) is 8.38. The van der Waals surface area contributed by atoms with Crippen molar-refractivity contribution in [2.75, 3.05) is 0 Å². The molecule has 0 aliphatic carbocycles. The smallest absolute Gasteiger partial charge is 0.361 e. The molecule has 1 aromatic rings. The molecule has 2 unspecified atom stereocenters. The van der Waals surface area contributed by atoms with E-state index in [2.05, 4.69) is 88.1 Å². The molecule has 0 aromatic heterocycles. The highest BCUT2D eigenvalue weighted by Crippen LogP contribution is 2.41. The van der Waals surface area contributed by atoms with Gasteiger partial charge in [-0.3, -0.25) is 4.55 Å². The number of nitrogens with zero attached hydrogens (tertiary/aromatic N) is 1. The van der Waals surface area contributed by atoms with Gasteiger partial charge in [0, 0.05) is 11.7 Å². The molecule has 0 radical (unpaired) electrons. The lowest BCUT2D eigenvalue weighted by Gasteiger charge is -2.46. The van der Waals surface area contributed by atoms with Crippen LogP contribution in [-0.4, -0.2) is 29.4 Å². The van der Waals surface area contributed by atoms with Crippen molar-refractivity contribution in [3.05, 3.63) is 59.8 Å². The van der Waals surface area contributed by atoms with Crippen LogP contribution in [0.25, 0.3) is 0 Å². The molecule has 0 bridgehead atoms. The van der Waals surface area contributed by atoms with Gasteiger partial charge in [-0.15, -0.1) is 0 Å². The Balaban J connectivity index is 0.000000387. The molecule has 1 aliphatic heterocycles. The fourth-order valence-corrected chi connectivity index (χ4v) is 3.01. The van der Waals surface area contributed by atoms with Gasteiger partial charge in [0.15, 0.2) is 0 Å². The Labute approximate surface area is 159 Å². The Kier molecular flexibility index (Phi) is 7.30. The minimum Gasteiger partial charge on any atom is -0.361 e. The number of hydrogen-bond donors (Lipinski definition) is 1. The normalized spacial score (nSPS) is 19.1. The van der Waals surface area contributed by atoms with Gasteiger partial charge in [-0.25, -0.2) is 0 Å². The van der Waals surface area contributed by atoms with Crippen LogP contribution >= 0.6 is 0 Å². The summed E-state index contributed by atoms with van der Waals surface area (Å²) in [5.41, 5.74) is -2.60. The molecule has 27 heavy (non-hydrogen) atoms. The third-order valence-electron chi connectivity index (χ3n) is 4.08. The summed E-state index contributed by atoms with van der Waals surface area (Å²) in [6.45, 7) is 11.4. The third kappa shape index (κ3) is 6.39. The number of allylic oxidation sites excluding steroid dienone is 3. The van der Waals surface area contributed by atoms with Gasteiger partial charge in [0.1, 0.15) is 0 Å². The van der Waals surface area contributed by atoms with E-state index in [0.29, 0.717) is 12.1 Å². The lowest BCUT2D eigenvalue weighted by atomic mass is 9.80. The molecule has 1 aromatic carbocycles. The molecule has 152 valence electrons. The van der Waals surface area contributed by atoms with Crippen LogP contribution in [0.1, 0.15) is 46.2 Å². The van der Waals surface area contributed by atoms with E-state index in [-0.39, 0.29) is 5.41 Å². The van der Waals surface area contributed by atoms with Crippen molar-refractivity contribution in [3.63, 3.8) is 0 Å². The monoisotopic (exact) mass is 405 g/mol. The molecule has 2 atom stereocenters. The third-order valence-corrected chi connectivity index (χ3v) is 4.66. The molecule has 4 nitrogen and oxygen atoms in total. The van der Waals surface area contributed by atoms with Crippen molar-refractivity contribution in [1.82, 2.24) is 4.90 Å². The lowest BCUT2D eigenvalue weighted by Crippen LogP contribution is -2.41. The summed E-state index contributed by atoms with van der Waals surface area (Å²) in [4.78, 5) is 2.54. The van der Waals surface area contributed by atoms with Crippen molar-refractivity contribution in [2.45, 2.75) is 52.2 Å². The van der Waals surface area contributed by atoms with Crippen LogP contribution in [0, 0.1) is 5.41 Å². The van der Waals surface area contributed by atoms with E-state index in [1.165, 1.54) is 11.3 Å². The number of rotatable bonds is 2. The molecule has 0 saturated heterocycles. The lowest BCUT2D eigenvalue weighted by molar-refractivity contribution is -0.0510. The highest BCUT2D eigenvalue weighted by atomic mass is 32.2. The van der Waals surface area contributed by atoms with Gasteiger partial charge in [-0.1, -0.05) is 63.3 Å². The van der Waals surface area contributed by atoms with Gasteiger partial charge in [0.05, 0.1) is 6.04 Å². The zero-order valence-electron chi connectivity index (χ0n) is 16.0. The first-order valence-corrected chi connectivity index (χ1v) is 9.82. The van der Waals surface area contributed by atoms with Crippen LogP contribution in [0.3, 0.4) is 0 Å².